The van der Waals surface area contributed by atoms with Crippen LogP contribution in [-0.4, -0.2) is 0 Å². The Morgan fingerprint density at radius 1 is 1.46 bits per heavy atom. The summed E-state index contributed by atoms with van der Waals surface area (Å²) in [6, 6.07) is 1.32. The van der Waals surface area contributed by atoms with Crippen LogP contribution in [0.4, 0.5) is 13.2 Å². The molecular formula is C9H9F3S. The molecule has 0 unspecified atom stereocenters. The number of halogens is 3. The van der Waals surface area contributed by atoms with E-state index in [9.17, 15) is 13.2 Å². The average molecular weight is 206 g/mol. The summed E-state index contributed by atoms with van der Waals surface area (Å²) < 4.78 is 36.8. The summed E-state index contributed by atoms with van der Waals surface area (Å²) in [5, 5.41) is 0. The minimum absolute atomic E-state index is 0.308. The van der Waals surface area contributed by atoms with Gasteiger partial charge in [-0.25, -0.2) is 0 Å². The number of fused-ring (bicyclic) bond motifs is 1. The molecule has 72 valence electrons. The van der Waals surface area contributed by atoms with E-state index in [1.54, 1.807) is 0 Å². The Bertz CT molecular complexity index is 324. The van der Waals surface area contributed by atoms with Gasteiger partial charge >= 0.3 is 6.18 Å². The minimum Gasteiger partial charge on any atom is -0.165 e. The minimum atomic E-state index is -4.16. The molecular weight excluding hydrogens is 197 g/mol. The van der Waals surface area contributed by atoms with Crippen LogP contribution >= 0.6 is 11.3 Å². The van der Waals surface area contributed by atoms with Gasteiger partial charge in [-0.3, -0.25) is 0 Å². The Morgan fingerprint density at radius 2 is 2.15 bits per heavy atom. The van der Waals surface area contributed by atoms with E-state index in [-0.39, 0.29) is 0 Å². The highest BCUT2D eigenvalue weighted by Gasteiger charge is 2.35. The van der Waals surface area contributed by atoms with E-state index < -0.39 is 11.1 Å². The molecule has 1 aromatic heterocycles. The number of alkyl halides is 3. The van der Waals surface area contributed by atoms with Crippen molar-refractivity contribution in [3.63, 3.8) is 0 Å². The Kier molecular flexibility index (Phi) is 1.91. The smallest absolute Gasteiger partial charge is 0.165 e. The summed E-state index contributed by atoms with van der Waals surface area (Å²) in [5.41, 5.74) is 0.914. The highest BCUT2D eigenvalue weighted by Crippen LogP contribution is 2.43. The first kappa shape index (κ1) is 9.06. The zero-order valence-corrected chi connectivity index (χ0v) is 7.93. The summed E-state index contributed by atoms with van der Waals surface area (Å²) in [6.45, 7) is 1.98. The van der Waals surface area contributed by atoms with Gasteiger partial charge in [0, 0.05) is 4.88 Å². The van der Waals surface area contributed by atoms with Crippen LogP contribution in [0.1, 0.15) is 34.6 Å². The van der Waals surface area contributed by atoms with Crippen LogP contribution in [0.5, 0.6) is 0 Å². The second kappa shape index (κ2) is 2.74. The Labute approximate surface area is 78.4 Å². The lowest BCUT2D eigenvalue weighted by atomic mass is 10.1. The van der Waals surface area contributed by atoms with E-state index in [0.29, 0.717) is 5.92 Å². The molecule has 0 fully saturated rings. The topological polar surface area (TPSA) is 0 Å². The Morgan fingerprint density at radius 3 is 2.69 bits per heavy atom. The highest BCUT2D eigenvalue weighted by molar-refractivity contribution is 7.12. The van der Waals surface area contributed by atoms with E-state index in [4.69, 9.17) is 0 Å². The number of rotatable bonds is 0. The van der Waals surface area contributed by atoms with Gasteiger partial charge in [0.15, 0.2) is 0 Å². The summed E-state index contributed by atoms with van der Waals surface area (Å²) >= 11 is 0.908. The molecule has 0 saturated heterocycles. The average Bonchev–Trinajstić information content (AvgIpc) is 2.51. The molecule has 0 aliphatic heterocycles. The fourth-order valence-electron chi connectivity index (χ4n) is 1.70. The van der Waals surface area contributed by atoms with Crippen molar-refractivity contribution in [3.8, 4) is 0 Å². The molecule has 0 amide bonds. The quantitative estimate of drug-likeness (QED) is 0.605. The summed E-state index contributed by atoms with van der Waals surface area (Å²) in [5.74, 6) is 0.308. The van der Waals surface area contributed by atoms with Crippen molar-refractivity contribution in [2.75, 3.05) is 0 Å². The first-order chi connectivity index (χ1) is 5.98. The predicted molar refractivity (Wildman–Crippen MR) is 46.1 cm³/mol. The molecule has 0 saturated carbocycles. The molecule has 1 heterocycles. The fourth-order valence-corrected chi connectivity index (χ4v) is 2.86. The Balaban J connectivity index is 2.40. The van der Waals surface area contributed by atoms with Crippen LogP contribution in [0.15, 0.2) is 6.07 Å². The van der Waals surface area contributed by atoms with Crippen LogP contribution in [0.3, 0.4) is 0 Å². The van der Waals surface area contributed by atoms with Gasteiger partial charge in [-0.1, -0.05) is 6.92 Å². The second-order valence-corrected chi connectivity index (χ2v) is 4.56. The van der Waals surface area contributed by atoms with E-state index in [2.05, 4.69) is 0 Å². The maximum absolute atomic E-state index is 12.3. The predicted octanol–water partition coefficient (Wildman–Crippen LogP) is 3.82. The lowest BCUT2D eigenvalue weighted by Crippen LogP contribution is -2.01. The summed E-state index contributed by atoms with van der Waals surface area (Å²) in [7, 11) is 0. The van der Waals surface area contributed by atoms with E-state index in [1.807, 2.05) is 6.92 Å². The van der Waals surface area contributed by atoms with E-state index in [1.165, 1.54) is 6.07 Å². The van der Waals surface area contributed by atoms with Crippen LogP contribution in [0, 0.1) is 0 Å². The zero-order chi connectivity index (χ0) is 9.64. The first-order valence-corrected chi connectivity index (χ1v) is 5.00. The maximum Gasteiger partial charge on any atom is 0.425 e. The van der Waals surface area contributed by atoms with Crippen LogP contribution in [0.2, 0.25) is 0 Å². The van der Waals surface area contributed by atoms with Crippen molar-refractivity contribution in [1.29, 1.82) is 0 Å². The fraction of sp³-hybridized carbons (Fsp3) is 0.556. The van der Waals surface area contributed by atoms with E-state index in [0.717, 1.165) is 34.6 Å². The molecule has 0 N–H and O–H groups in total. The number of hydrogen-bond acceptors (Lipinski definition) is 1. The standard InChI is InChI=1S/C9H9F3S/c1-5-2-3-7-6(5)4-8(13-7)9(10,11)12/h4-5H,2-3H2,1H3/t5-/m0/s1. The molecule has 0 nitrogen and oxygen atoms in total. The van der Waals surface area contributed by atoms with Gasteiger partial charge in [-0.15, -0.1) is 11.3 Å². The van der Waals surface area contributed by atoms with Crippen LogP contribution < -0.4 is 0 Å². The third-order valence-electron chi connectivity index (χ3n) is 2.46. The van der Waals surface area contributed by atoms with Gasteiger partial charge in [-0.2, -0.15) is 13.2 Å². The van der Waals surface area contributed by atoms with Crippen LogP contribution in [-0.2, 0) is 12.6 Å². The third kappa shape index (κ3) is 1.47. The van der Waals surface area contributed by atoms with Crippen molar-refractivity contribution >= 4 is 11.3 Å². The molecule has 13 heavy (non-hydrogen) atoms. The molecule has 0 radical (unpaired) electrons. The van der Waals surface area contributed by atoms with E-state index >= 15 is 0 Å². The molecule has 4 heteroatoms. The second-order valence-electron chi connectivity index (χ2n) is 3.43. The van der Waals surface area contributed by atoms with Gasteiger partial charge in [0.05, 0.1) is 0 Å². The molecule has 1 aliphatic carbocycles. The van der Waals surface area contributed by atoms with Crippen molar-refractivity contribution in [2.24, 2.45) is 0 Å². The van der Waals surface area contributed by atoms with Gasteiger partial charge in [0.25, 0.3) is 0 Å². The lowest BCUT2D eigenvalue weighted by Gasteiger charge is -2.02. The van der Waals surface area contributed by atoms with Gasteiger partial charge in [0.2, 0.25) is 0 Å². The first-order valence-electron chi connectivity index (χ1n) is 4.18. The normalized spacial score (nSPS) is 22.0. The molecule has 0 aromatic carbocycles. The SMILES string of the molecule is C[C@H]1CCc2sc(C(F)(F)F)cc21. The molecule has 1 atom stereocenters. The molecule has 0 spiro atoms. The number of hydrogen-bond donors (Lipinski definition) is 0. The number of thiophene rings is 1. The van der Waals surface area contributed by atoms with Gasteiger partial charge in [-0.05, 0) is 30.4 Å². The summed E-state index contributed by atoms with van der Waals surface area (Å²) in [4.78, 5) is 0.490. The van der Waals surface area contributed by atoms with Crippen molar-refractivity contribution in [2.45, 2.75) is 31.9 Å². The molecule has 2 rings (SSSR count). The maximum atomic E-state index is 12.3. The number of aryl methyl sites for hydroxylation is 1. The molecule has 1 aliphatic rings. The third-order valence-corrected chi connectivity index (χ3v) is 3.71. The van der Waals surface area contributed by atoms with Crippen molar-refractivity contribution in [3.05, 3.63) is 21.4 Å². The largest absolute Gasteiger partial charge is 0.425 e. The molecule has 1 aromatic rings. The van der Waals surface area contributed by atoms with Gasteiger partial charge in [0.1, 0.15) is 4.88 Å². The lowest BCUT2D eigenvalue weighted by molar-refractivity contribution is -0.134. The molecule has 0 bridgehead atoms. The monoisotopic (exact) mass is 206 g/mol. The van der Waals surface area contributed by atoms with Crippen LogP contribution in [0.25, 0.3) is 0 Å². The Hall–Kier alpha value is -0.510. The van der Waals surface area contributed by atoms with Crippen molar-refractivity contribution in [1.82, 2.24) is 0 Å². The highest BCUT2D eigenvalue weighted by atomic mass is 32.1. The summed E-state index contributed by atoms with van der Waals surface area (Å²) in [6.07, 6.45) is -2.34. The van der Waals surface area contributed by atoms with Gasteiger partial charge < -0.3 is 0 Å². The zero-order valence-electron chi connectivity index (χ0n) is 7.11. The van der Waals surface area contributed by atoms with Crippen molar-refractivity contribution < 1.29 is 13.2 Å².